The van der Waals surface area contributed by atoms with E-state index in [0.29, 0.717) is 12.0 Å². The van der Waals surface area contributed by atoms with Gasteiger partial charge >= 0.3 is 0 Å². The van der Waals surface area contributed by atoms with E-state index in [1.54, 1.807) is 6.20 Å². The van der Waals surface area contributed by atoms with Crippen molar-refractivity contribution in [1.82, 2.24) is 4.98 Å². The van der Waals surface area contributed by atoms with E-state index >= 15 is 0 Å². The molecule has 78 valence electrons. The van der Waals surface area contributed by atoms with E-state index < -0.39 is 0 Å². The van der Waals surface area contributed by atoms with Crippen molar-refractivity contribution in [3.63, 3.8) is 0 Å². The minimum absolute atomic E-state index is 0.437. The van der Waals surface area contributed by atoms with Crippen LogP contribution in [0.3, 0.4) is 0 Å². The summed E-state index contributed by atoms with van der Waals surface area (Å²) in [5.41, 5.74) is 6.59. The number of pyridine rings is 1. The lowest BCUT2D eigenvalue weighted by molar-refractivity contribution is 0.503. The molecule has 0 fully saturated rings. The zero-order valence-electron chi connectivity index (χ0n) is 9.36. The summed E-state index contributed by atoms with van der Waals surface area (Å²) in [6.45, 7) is 6.57. The summed E-state index contributed by atoms with van der Waals surface area (Å²) in [6, 6.07) is 4.17. The third kappa shape index (κ3) is 2.16. The molecule has 0 aliphatic rings. The van der Waals surface area contributed by atoms with Gasteiger partial charge in [-0.2, -0.15) is 0 Å². The normalized spacial score (nSPS) is 12.9. The molecule has 0 aliphatic heterocycles. The lowest BCUT2D eigenvalue weighted by Crippen LogP contribution is -2.34. The van der Waals surface area contributed by atoms with Gasteiger partial charge in [0.25, 0.3) is 0 Å². The molecule has 0 saturated heterocycles. The molecule has 3 heteroatoms. The number of hydrogen-bond donors (Lipinski definition) is 1. The van der Waals surface area contributed by atoms with E-state index in [4.69, 9.17) is 5.73 Å². The molecule has 0 radical (unpaired) electrons. The first-order valence-electron chi connectivity index (χ1n) is 4.97. The average Bonchev–Trinajstić information content (AvgIpc) is 2.16. The Labute approximate surface area is 85.9 Å². The summed E-state index contributed by atoms with van der Waals surface area (Å²) in [5.74, 6) is 1.45. The highest BCUT2D eigenvalue weighted by molar-refractivity contribution is 5.62. The first-order valence-corrected chi connectivity index (χ1v) is 4.97. The van der Waals surface area contributed by atoms with Gasteiger partial charge in [-0.05, 0) is 25.0 Å². The van der Waals surface area contributed by atoms with Crippen molar-refractivity contribution in [3.8, 4) is 0 Å². The number of nitrogens with zero attached hydrogens (tertiary/aromatic N) is 2. The van der Waals surface area contributed by atoms with E-state index in [1.165, 1.54) is 0 Å². The van der Waals surface area contributed by atoms with Crippen LogP contribution in [-0.4, -0.2) is 18.1 Å². The van der Waals surface area contributed by atoms with Crippen LogP contribution in [0.2, 0.25) is 0 Å². The topological polar surface area (TPSA) is 42.2 Å². The highest BCUT2D eigenvalue weighted by Gasteiger charge is 2.15. The SMILES string of the molecule is CC(C)C(C)N(C)c1ncccc1N. The van der Waals surface area contributed by atoms with Gasteiger partial charge in [0.2, 0.25) is 0 Å². The summed E-state index contributed by atoms with van der Waals surface area (Å²) in [4.78, 5) is 6.41. The molecule has 1 aromatic rings. The largest absolute Gasteiger partial charge is 0.396 e. The van der Waals surface area contributed by atoms with Crippen LogP contribution in [0.5, 0.6) is 0 Å². The molecule has 1 rings (SSSR count). The quantitative estimate of drug-likeness (QED) is 0.799. The van der Waals surface area contributed by atoms with E-state index in [-0.39, 0.29) is 0 Å². The third-order valence-electron chi connectivity index (χ3n) is 2.73. The maximum atomic E-state index is 5.86. The standard InChI is InChI=1S/C11H19N3/c1-8(2)9(3)14(4)11-10(12)6-5-7-13-11/h5-9H,12H2,1-4H3. The van der Waals surface area contributed by atoms with E-state index in [2.05, 4.69) is 30.7 Å². The molecule has 0 bridgehead atoms. The number of nitrogens with two attached hydrogens (primary N) is 1. The van der Waals surface area contributed by atoms with Crippen LogP contribution in [0, 0.1) is 5.92 Å². The zero-order valence-corrected chi connectivity index (χ0v) is 9.36. The van der Waals surface area contributed by atoms with Gasteiger partial charge in [0.15, 0.2) is 5.82 Å². The van der Waals surface area contributed by atoms with Crippen molar-refractivity contribution in [2.24, 2.45) is 5.92 Å². The van der Waals surface area contributed by atoms with Gasteiger partial charge in [0.1, 0.15) is 0 Å². The molecule has 1 unspecified atom stereocenters. The van der Waals surface area contributed by atoms with Crippen molar-refractivity contribution in [3.05, 3.63) is 18.3 Å². The molecule has 1 aromatic heterocycles. The fourth-order valence-corrected chi connectivity index (χ4v) is 1.34. The molecule has 0 spiro atoms. The predicted molar refractivity (Wildman–Crippen MR) is 61.4 cm³/mol. The molecule has 0 amide bonds. The smallest absolute Gasteiger partial charge is 0.151 e. The molecular weight excluding hydrogens is 174 g/mol. The first kappa shape index (κ1) is 10.8. The monoisotopic (exact) mass is 193 g/mol. The van der Waals surface area contributed by atoms with Gasteiger partial charge in [-0.15, -0.1) is 0 Å². The summed E-state index contributed by atoms with van der Waals surface area (Å²) in [6.07, 6.45) is 1.77. The highest BCUT2D eigenvalue weighted by Crippen LogP contribution is 2.22. The Kier molecular flexibility index (Phi) is 3.33. The third-order valence-corrected chi connectivity index (χ3v) is 2.73. The summed E-state index contributed by atoms with van der Waals surface area (Å²) in [7, 11) is 2.03. The van der Waals surface area contributed by atoms with Crippen molar-refractivity contribution >= 4 is 11.5 Å². The highest BCUT2D eigenvalue weighted by atomic mass is 15.2. The van der Waals surface area contributed by atoms with Crippen molar-refractivity contribution < 1.29 is 0 Å². The van der Waals surface area contributed by atoms with Crippen LogP contribution < -0.4 is 10.6 Å². The van der Waals surface area contributed by atoms with Gasteiger partial charge in [-0.1, -0.05) is 13.8 Å². The second-order valence-corrected chi connectivity index (χ2v) is 4.01. The Bertz CT molecular complexity index is 296. The molecule has 1 atom stereocenters. The maximum absolute atomic E-state index is 5.86. The fraction of sp³-hybridized carbons (Fsp3) is 0.545. The van der Waals surface area contributed by atoms with Gasteiger partial charge in [0, 0.05) is 19.3 Å². The molecule has 2 N–H and O–H groups in total. The van der Waals surface area contributed by atoms with E-state index in [9.17, 15) is 0 Å². The van der Waals surface area contributed by atoms with Gasteiger partial charge in [-0.3, -0.25) is 0 Å². The van der Waals surface area contributed by atoms with Crippen LogP contribution in [-0.2, 0) is 0 Å². The van der Waals surface area contributed by atoms with Crippen molar-refractivity contribution in [2.75, 3.05) is 17.7 Å². The van der Waals surface area contributed by atoms with Crippen LogP contribution in [0.25, 0.3) is 0 Å². The summed E-state index contributed by atoms with van der Waals surface area (Å²) >= 11 is 0. The Morgan fingerprint density at radius 3 is 2.50 bits per heavy atom. The number of nitrogen functional groups attached to an aromatic ring is 1. The lowest BCUT2D eigenvalue weighted by atomic mass is 10.1. The maximum Gasteiger partial charge on any atom is 0.151 e. The molecule has 1 heterocycles. The van der Waals surface area contributed by atoms with Gasteiger partial charge in [0.05, 0.1) is 5.69 Å². The second-order valence-electron chi connectivity index (χ2n) is 4.01. The Morgan fingerprint density at radius 1 is 1.36 bits per heavy atom. The number of hydrogen-bond acceptors (Lipinski definition) is 3. The first-order chi connectivity index (χ1) is 6.54. The van der Waals surface area contributed by atoms with Crippen LogP contribution in [0.4, 0.5) is 11.5 Å². The van der Waals surface area contributed by atoms with E-state index in [1.807, 2.05) is 19.2 Å². The molecule has 0 aromatic carbocycles. The molecule has 0 aliphatic carbocycles. The Balaban J connectivity index is 2.89. The van der Waals surface area contributed by atoms with Crippen LogP contribution in [0.15, 0.2) is 18.3 Å². The summed E-state index contributed by atoms with van der Waals surface area (Å²) in [5, 5.41) is 0. The number of aromatic nitrogens is 1. The zero-order chi connectivity index (χ0) is 10.7. The second kappa shape index (κ2) is 4.31. The van der Waals surface area contributed by atoms with Gasteiger partial charge < -0.3 is 10.6 Å². The minimum atomic E-state index is 0.437. The molecule has 3 nitrogen and oxygen atoms in total. The average molecular weight is 193 g/mol. The van der Waals surface area contributed by atoms with Crippen LogP contribution in [0.1, 0.15) is 20.8 Å². The van der Waals surface area contributed by atoms with E-state index in [0.717, 1.165) is 11.5 Å². The lowest BCUT2D eigenvalue weighted by Gasteiger charge is -2.29. The summed E-state index contributed by atoms with van der Waals surface area (Å²) < 4.78 is 0. The molecule has 14 heavy (non-hydrogen) atoms. The van der Waals surface area contributed by atoms with Crippen molar-refractivity contribution in [2.45, 2.75) is 26.8 Å². The molecule has 0 saturated carbocycles. The number of anilines is 2. The number of rotatable bonds is 3. The predicted octanol–water partition coefficient (Wildman–Crippen LogP) is 2.14. The fourth-order valence-electron chi connectivity index (χ4n) is 1.34. The Morgan fingerprint density at radius 2 is 2.00 bits per heavy atom. The van der Waals surface area contributed by atoms with Gasteiger partial charge in [-0.25, -0.2) is 4.98 Å². The minimum Gasteiger partial charge on any atom is -0.396 e. The Hall–Kier alpha value is -1.25. The van der Waals surface area contributed by atoms with Crippen molar-refractivity contribution in [1.29, 1.82) is 0 Å². The van der Waals surface area contributed by atoms with Crippen LogP contribution >= 0.6 is 0 Å². The molecular formula is C11H19N3.